The van der Waals surface area contributed by atoms with Crippen molar-refractivity contribution in [1.29, 1.82) is 0 Å². The number of amides is 1. The monoisotopic (exact) mass is 255 g/mol. The highest BCUT2D eigenvalue weighted by molar-refractivity contribution is 6.05. The number of nitrogens with two attached hydrogens (primary N) is 1. The number of benzene rings is 1. The van der Waals surface area contributed by atoms with Gasteiger partial charge in [0.15, 0.2) is 0 Å². The Morgan fingerprint density at radius 1 is 1.16 bits per heavy atom. The molecule has 4 nitrogen and oxygen atoms in total. The van der Waals surface area contributed by atoms with E-state index in [4.69, 9.17) is 5.73 Å². The summed E-state index contributed by atoms with van der Waals surface area (Å²) in [5, 5.41) is 0.956. The summed E-state index contributed by atoms with van der Waals surface area (Å²) < 4.78 is 0. The highest BCUT2D eigenvalue weighted by Gasteiger charge is 2.20. The smallest absolute Gasteiger partial charge is 0.226 e. The van der Waals surface area contributed by atoms with Crippen LogP contribution >= 0.6 is 0 Å². The Kier molecular flexibility index (Phi) is 3.07. The quantitative estimate of drug-likeness (QED) is 0.797. The van der Waals surface area contributed by atoms with Gasteiger partial charge >= 0.3 is 0 Å². The van der Waals surface area contributed by atoms with Crippen LogP contribution in [-0.2, 0) is 4.79 Å². The molecule has 1 aliphatic heterocycles. The topological polar surface area (TPSA) is 59.2 Å². The van der Waals surface area contributed by atoms with E-state index in [1.54, 1.807) is 6.20 Å². The van der Waals surface area contributed by atoms with Crippen LogP contribution in [0.3, 0.4) is 0 Å². The lowest BCUT2D eigenvalue weighted by molar-refractivity contribution is -0.118. The molecule has 98 valence electrons. The molecule has 1 amide bonds. The first kappa shape index (κ1) is 12.0. The van der Waals surface area contributed by atoms with E-state index in [1.807, 2.05) is 29.2 Å². The summed E-state index contributed by atoms with van der Waals surface area (Å²) in [5.74, 6) is 0.201. The normalized spacial score (nSPS) is 16.6. The van der Waals surface area contributed by atoms with Gasteiger partial charge in [0, 0.05) is 24.5 Å². The summed E-state index contributed by atoms with van der Waals surface area (Å²) in [4.78, 5) is 18.4. The maximum Gasteiger partial charge on any atom is 0.226 e. The van der Waals surface area contributed by atoms with Gasteiger partial charge < -0.3 is 10.6 Å². The molecule has 3 rings (SSSR count). The summed E-state index contributed by atoms with van der Waals surface area (Å²) in [6.07, 6.45) is 5.52. The molecule has 0 spiro atoms. The summed E-state index contributed by atoms with van der Waals surface area (Å²) >= 11 is 0. The van der Waals surface area contributed by atoms with Crippen LogP contribution in [0.1, 0.15) is 25.7 Å². The molecule has 0 atom stereocenters. The molecule has 1 aromatic heterocycles. The molecule has 0 unspecified atom stereocenters. The molecule has 2 aromatic rings. The number of pyridine rings is 1. The van der Waals surface area contributed by atoms with E-state index in [0.29, 0.717) is 12.1 Å². The van der Waals surface area contributed by atoms with Crippen molar-refractivity contribution in [3.05, 3.63) is 30.5 Å². The molecular formula is C15H17N3O. The Bertz CT molecular complexity index is 624. The predicted octanol–water partition coefficient (Wildman–Crippen LogP) is 2.72. The predicted molar refractivity (Wildman–Crippen MR) is 77.0 cm³/mol. The van der Waals surface area contributed by atoms with Gasteiger partial charge in [-0.05, 0) is 37.1 Å². The van der Waals surface area contributed by atoms with Crippen molar-refractivity contribution in [2.75, 3.05) is 17.2 Å². The maximum absolute atomic E-state index is 12.2. The number of hydrogen-bond donors (Lipinski definition) is 1. The molecule has 1 fully saturated rings. The van der Waals surface area contributed by atoms with Crippen LogP contribution in [0.5, 0.6) is 0 Å². The number of aromatic nitrogens is 1. The van der Waals surface area contributed by atoms with Crippen molar-refractivity contribution >= 4 is 28.2 Å². The molecule has 4 heteroatoms. The third kappa shape index (κ3) is 2.14. The molecule has 19 heavy (non-hydrogen) atoms. The van der Waals surface area contributed by atoms with Gasteiger partial charge in [0.1, 0.15) is 0 Å². The van der Waals surface area contributed by atoms with Crippen LogP contribution in [0, 0.1) is 0 Å². The largest absolute Gasteiger partial charge is 0.397 e. The fourth-order valence-corrected chi connectivity index (χ4v) is 2.65. The second-order valence-corrected chi connectivity index (χ2v) is 4.93. The average molecular weight is 255 g/mol. The second kappa shape index (κ2) is 4.88. The highest BCUT2D eigenvalue weighted by Crippen LogP contribution is 2.31. The van der Waals surface area contributed by atoms with Crippen molar-refractivity contribution in [2.45, 2.75) is 25.7 Å². The first-order valence-electron chi connectivity index (χ1n) is 6.71. The molecule has 1 aliphatic rings. The van der Waals surface area contributed by atoms with Crippen LogP contribution in [0.15, 0.2) is 30.5 Å². The molecule has 1 saturated heterocycles. The fraction of sp³-hybridized carbons (Fsp3) is 0.333. The van der Waals surface area contributed by atoms with Gasteiger partial charge in [0.25, 0.3) is 0 Å². The number of fused-ring (bicyclic) bond motifs is 1. The van der Waals surface area contributed by atoms with Crippen LogP contribution in [0.25, 0.3) is 10.9 Å². The first-order chi connectivity index (χ1) is 9.27. The number of anilines is 2. The summed E-state index contributed by atoms with van der Waals surface area (Å²) in [6.45, 7) is 0.784. The summed E-state index contributed by atoms with van der Waals surface area (Å²) in [5.41, 5.74) is 8.32. The average Bonchev–Trinajstić information content (AvgIpc) is 2.65. The van der Waals surface area contributed by atoms with Crippen molar-refractivity contribution in [3.63, 3.8) is 0 Å². The van der Waals surface area contributed by atoms with Crippen molar-refractivity contribution in [1.82, 2.24) is 4.98 Å². The number of carbonyl (C=O) groups excluding carboxylic acids is 1. The van der Waals surface area contributed by atoms with E-state index in [2.05, 4.69) is 4.98 Å². The second-order valence-electron chi connectivity index (χ2n) is 4.93. The Morgan fingerprint density at radius 2 is 2.05 bits per heavy atom. The van der Waals surface area contributed by atoms with Crippen LogP contribution < -0.4 is 10.6 Å². The van der Waals surface area contributed by atoms with Gasteiger partial charge in [-0.2, -0.15) is 0 Å². The summed E-state index contributed by atoms with van der Waals surface area (Å²) in [7, 11) is 0. The fourth-order valence-electron chi connectivity index (χ4n) is 2.65. The Morgan fingerprint density at radius 3 is 2.95 bits per heavy atom. The number of rotatable bonds is 1. The Balaban J connectivity index is 2.14. The van der Waals surface area contributed by atoms with Gasteiger partial charge in [-0.1, -0.05) is 6.42 Å². The van der Waals surface area contributed by atoms with Crippen LogP contribution in [-0.4, -0.2) is 17.4 Å². The lowest BCUT2D eigenvalue weighted by Gasteiger charge is -2.22. The van der Waals surface area contributed by atoms with E-state index >= 15 is 0 Å². The number of carbonyl (C=O) groups is 1. The molecular weight excluding hydrogens is 238 g/mol. The molecule has 0 aliphatic carbocycles. The SMILES string of the molecule is Nc1ccc(N2CCCCCC2=O)c2cccnc12. The minimum Gasteiger partial charge on any atom is -0.397 e. The molecule has 0 saturated carbocycles. The van der Waals surface area contributed by atoms with E-state index in [1.165, 1.54) is 0 Å². The lowest BCUT2D eigenvalue weighted by Crippen LogP contribution is -2.30. The number of nitrogens with zero attached hydrogens (tertiary/aromatic N) is 2. The zero-order valence-electron chi connectivity index (χ0n) is 10.8. The van der Waals surface area contributed by atoms with Crippen LogP contribution in [0.4, 0.5) is 11.4 Å². The zero-order valence-corrected chi connectivity index (χ0v) is 10.8. The van der Waals surface area contributed by atoms with Crippen molar-refractivity contribution < 1.29 is 4.79 Å². The van der Waals surface area contributed by atoms with E-state index < -0.39 is 0 Å². The third-order valence-electron chi connectivity index (χ3n) is 3.64. The Hall–Kier alpha value is -2.10. The van der Waals surface area contributed by atoms with E-state index in [-0.39, 0.29) is 5.91 Å². The molecule has 0 bridgehead atoms. The molecule has 0 radical (unpaired) electrons. The Labute approximate surface area is 112 Å². The van der Waals surface area contributed by atoms with Gasteiger partial charge in [-0.3, -0.25) is 9.78 Å². The van der Waals surface area contributed by atoms with Crippen LogP contribution in [0.2, 0.25) is 0 Å². The van der Waals surface area contributed by atoms with E-state index in [0.717, 1.165) is 42.4 Å². The third-order valence-corrected chi connectivity index (χ3v) is 3.64. The van der Waals surface area contributed by atoms with Gasteiger partial charge in [-0.25, -0.2) is 0 Å². The highest BCUT2D eigenvalue weighted by atomic mass is 16.2. The number of hydrogen-bond acceptors (Lipinski definition) is 3. The zero-order chi connectivity index (χ0) is 13.2. The number of nitrogen functional groups attached to an aromatic ring is 1. The lowest BCUT2D eigenvalue weighted by atomic mass is 10.1. The van der Waals surface area contributed by atoms with Gasteiger partial charge in [0.2, 0.25) is 5.91 Å². The van der Waals surface area contributed by atoms with Crippen molar-refractivity contribution in [3.8, 4) is 0 Å². The maximum atomic E-state index is 12.2. The minimum absolute atomic E-state index is 0.201. The molecule has 1 aromatic carbocycles. The van der Waals surface area contributed by atoms with Gasteiger partial charge in [0.05, 0.1) is 16.9 Å². The summed E-state index contributed by atoms with van der Waals surface area (Å²) in [6, 6.07) is 7.63. The molecule has 2 N–H and O–H groups in total. The minimum atomic E-state index is 0.201. The molecule has 2 heterocycles. The van der Waals surface area contributed by atoms with Gasteiger partial charge in [-0.15, -0.1) is 0 Å². The van der Waals surface area contributed by atoms with Crippen molar-refractivity contribution in [2.24, 2.45) is 0 Å². The van der Waals surface area contributed by atoms with E-state index in [9.17, 15) is 4.79 Å². The first-order valence-corrected chi connectivity index (χ1v) is 6.71. The standard InChI is InChI=1S/C15H17N3O/c16-12-7-8-13(11-5-4-9-17-15(11)12)18-10-3-1-2-6-14(18)19/h4-5,7-9H,1-3,6,10,16H2.